The number of benzene rings is 1. The number of piperidine rings is 1. The Hall–Kier alpha value is -2.47. The van der Waals surface area contributed by atoms with Crippen LogP contribution in [-0.4, -0.2) is 34.0 Å². The highest BCUT2D eigenvalue weighted by atomic mass is 32.1. The lowest BCUT2D eigenvalue weighted by atomic mass is 9.90. The van der Waals surface area contributed by atoms with Crippen LogP contribution in [0.1, 0.15) is 42.7 Å². The minimum atomic E-state index is 0.192. The van der Waals surface area contributed by atoms with Gasteiger partial charge < -0.3 is 9.42 Å². The van der Waals surface area contributed by atoms with Gasteiger partial charge in [-0.15, -0.1) is 0 Å². The zero-order chi connectivity index (χ0) is 20.1. The van der Waals surface area contributed by atoms with Gasteiger partial charge in [0.15, 0.2) is 0 Å². The Morgan fingerprint density at radius 1 is 1.17 bits per heavy atom. The second kappa shape index (κ2) is 9.35. The Labute approximate surface area is 175 Å². The number of rotatable bonds is 7. The van der Waals surface area contributed by atoms with Crippen LogP contribution < -0.4 is 0 Å². The van der Waals surface area contributed by atoms with E-state index in [2.05, 4.69) is 41.3 Å². The van der Waals surface area contributed by atoms with Crippen molar-refractivity contribution in [1.29, 1.82) is 0 Å². The molecule has 0 N–H and O–H groups in total. The molecule has 0 spiro atoms. The average Bonchev–Trinajstić information content (AvgIpc) is 3.44. The maximum Gasteiger partial charge on any atom is 0.227 e. The van der Waals surface area contributed by atoms with Crippen molar-refractivity contribution in [1.82, 2.24) is 15.0 Å². The SMILES string of the molecule is Cc1ccc(CCC2CCN(C(=O)CCc3nc(-c4ccsc4)no3)CC2)cc1. The molecule has 1 aliphatic rings. The minimum Gasteiger partial charge on any atom is -0.343 e. The summed E-state index contributed by atoms with van der Waals surface area (Å²) in [7, 11) is 0. The molecule has 0 radical (unpaired) electrons. The molecule has 29 heavy (non-hydrogen) atoms. The van der Waals surface area contributed by atoms with Crippen molar-refractivity contribution >= 4 is 17.2 Å². The van der Waals surface area contributed by atoms with E-state index in [9.17, 15) is 4.79 Å². The highest BCUT2D eigenvalue weighted by Gasteiger charge is 2.23. The van der Waals surface area contributed by atoms with Crippen LogP contribution in [0.15, 0.2) is 45.6 Å². The second-order valence-electron chi connectivity index (χ2n) is 7.87. The maximum absolute atomic E-state index is 12.6. The van der Waals surface area contributed by atoms with Gasteiger partial charge in [-0.25, -0.2) is 0 Å². The van der Waals surface area contributed by atoms with Crippen molar-refractivity contribution < 1.29 is 9.32 Å². The van der Waals surface area contributed by atoms with E-state index in [-0.39, 0.29) is 5.91 Å². The molecule has 0 saturated carbocycles. The minimum absolute atomic E-state index is 0.192. The van der Waals surface area contributed by atoms with E-state index in [1.807, 2.05) is 21.7 Å². The van der Waals surface area contributed by atoms with Gasteiger partial charge in [-0.05, 0) is 55.5 Å². The van der Waals surface area contributed by atoms with Gasteiger partial charge >= 0.3 is 0 Å². The smallest absolute Gasteiger partial charge is 0.227 e. The Balaban J connectivity index is 1.18. The number of aromatic nitrogens is 2. The Kier molecular flexibility index (Phi) is 6.39. The topological polar surface area (TPSA) is 59.2 Å². The van der Waals surface area contributed by atoms with Gasteiger partial charge in [-0.3, -0.25) is 4.79 Å². The molecule has 0 aliphatic carbocycles. The van der Waals surface area contributed by atoms with Crippen LogP contribution in [0.5, 0.6) is 0 Å². The standard InChI is InChI=1S/C23H27N3O2S/c1-17-2-4-18(5-3-17)6-7-19-10-13-26(14-11-19)22(27)9-8-21-24-23(25-28-21)20-12-15-29-16-20/h2-5,12,15-16,19H,6-11,13-14H2,1H3. The molecule has 1 fully saturated rings. The van der Waals surface area contributed by atoms with Crippen molar-refractivity contribution in [3.8, 4) is 11.4 Å². The lowest BCUT2D eigenvalue weighted by molar-refractivity contribution is -0.132. The Bertz CT molecular complexity index is 910. The summed E-state index contributed by atoms with van der Waals surface area (Å²) < 4.78 is 5.30. The van der Waals surface area contributed by atoms with Gasteiger partial charge in [0.1, 0.15) is 0 Å². The summed E-state index contributed by atoms with van der Waals surface area (Å²) in [4.78, 5) is 19.0. The monoisotopic (exact) mass is 409 g/mol. The summed E-state index contributed by atoms with van der Waals surface area (Å²) in [6, 6.07) is 10.8. The Morgan fingerprint density at radius 2 is 1.97 bits per heavy atom. The quantitative estimate of drug-likeness (QED) is 0.556. The lowest BCUT2D eigenvalue weighted by Gasteiger charge is -2.32. The zero-order valence-corrected chi connectivity index (χ0v) is 17.7. The van der Waals surface area contributed by atoms with Crippen LogP contribution in [0.25, 0.3) is 11.4 Å². The van der Waals surface area contributed by atoms with Crippen molar-refractivity contribution in [2.75, 3.05) is 13.1 Å². The van der Waals surface area contributed by atoms with Crippen LogP contribution >= 0.6 is 11.3 Å². The fraction of sp³-hybridized carbons (Fsp3) is 0.435. The summed E-state index contributed by atoms with van der Waals surface area (Å²) in [6.07, 6.45) is 5.46. The number of likely N-dealkylation sites (tertiary alicyclic amines) is 1. The molecular weight excluding hydrogens is 382 g/mol. The zero-order valence-electron chi connectivity index (χ0n) is 16.8. The van der Waals surface area contributed by atoms with Gasteiger partial charge in [0.05, 0.1) is 0 Å². The van der Waals surface area contributed by atoms with E-state index in [1.165, 1.54) is 17.5 Å². The first-order chi connectivity index (χ1) is 14.2. The first kappa shape index (κ1) is 19.8. The first-order valence-corrected chi connectivity index (χ1v) is 11.3. The predicted octanol–water partition coefficient (Wildman–Crippen LogP) is 4.91. The van der Waals surface area contributed by atoms with E-state index in [1.54, 1.807) is 11.3 Å². The van der Waals surface area contributed by atoms with Crippen molar-refractivity contribution in [2.24, 2.45) is 5.92 Å². The maximum atomic E-state index is 12.6. The van der Waals surface area contributed by atoms with Gasteiger partial charge in [0.25, 0.3) is 0 Å². The van der Waals surface area contributed by atoms with Gasteiger partial charge in [0.2, 0.25) is 17.6 Å². The molecule has 0 bridgehead atoms. The molecule has 4 rings (SSSR count). The number of carbonyl (C=O) groups excluding carboxylic acids is 1. The third-order valence-corrected chi connectivity index (χ3v) is 6.41. The first-order valence-electron chi connectivity index (χ1n) is 10.4. The fourth-order valence-electron chi connectivity index (χ4n) is 3.83. The van der Waals surface area contributed by atoms with Crippen LogP contribution in [0.3, 0.4) is 0 Å². The number of amides is 1. The normalized spacial score (nSPS) is 15.0. The Morgan fingerprint density at radius 3 is 2.69 bits per heavy atom. The number of hydrogen-bond donors (Lipinski definition) is 0. The molecule has 1 aliphatic heterocycles. The van der Waals surface area contributed by atoms with E-state index in [0.717, 1.165) is 37.9 Å². The summed E-state index contributed by atoms with van der Waals surface area (Å²) in [5.41, 5.74) is 3.68. The molecule has 1 saturated heterocycles. The summed E-state index contributed by atoms with van der Waals surface area (Å²) in [5, 5.41) is 7.98. The van der Waals surface area contributed by atoms with E-state index < -0.39 is 0 Å². The number of carbonyl (C=O) groups is 1. The van der Waals surface area contributed by atoms with E-state index in [4.69, 9.17) is 4.52 Å². The van der Waals surface area contributed by atoms with Crippen molar-refractivity contribution in [2.45, 2.75) is 45.4 Å². The third kappa shape index (κ3) is 5.32. The molecule has 1 aromatic carbocycles. The molecule has 0 atom stereocenters. The molecule has 6 heteroatoms. The van der Waals surface area contributed by atoms with Crippen molar-refractivity contribution in [3.63, 3.8) is 0 Å². The van der Waals surface area contributed by atoms with Crippen LogP contribution in [0.4, 0.5) is 0 Å². The number of thiophene rings is 1. The number of aryl methyl sites for hydroxylation is 3. The third-order valence-electron chi connectivity index (χ3n) is 5.73. The fourth-order valence-corrected chi connectivity index (χ4v) is 4.47. The van der Waals surface area contributed by atoms with Gasteiger partial charge in [0, 0.05) is 36.9 Å². The van der Waals surface area contributed by atoms with Gasteiger partial charge in [-0.1, -0.05) is 35.0 Å². The highest BCUT2D eigenvalue weighted by molar-refractivity contribution is 7.08. The molecule has 3 aromatic rings. The molecule has 0 unspecified atom stereocenters. The molecule has 152 valence electrons. The molecule has 5 nitrogen and oxygen atoms in total. The van der Waals surface area contributed by atoms with E-state index in [0.29, 0.717) is 30.5 Å². The predicted molar refractivity (Wildman–Crippen MR) is 115 cm³/mol. The molecule has 3 heterocycles. The summed E-state index contributed by atoms with van der Waals surface area (Å²) in [5.74, 6) is 2.04. The van der Waals surface area contributed by atoms with Crippen LogP contribution in [0.2, 0.25) is 0 Å². The van der Waals surface area contributed by atoms with Crippen molar-refractivity contribution in [3.05, 3.63) is 58.1 Å². The average molecular weight is 410 g/mol. The summed E-state index contributed by atoms with van der Waals surface area (Å²) >= 11 is 1.60. The van der Waals surface area contributed by atoms with Crippen LogP contribution in [-0.2, 0) is 17.6 Å². The number of hydrogen-bond acceptors (Lipinski definition) is 5. The van der Waals surface area contributed by atoms with Crippen LogP contribution in [0, 0.1) is 12.8 Å². The molecule has 1 amide bonds. The molecule has 2 aromatic heterocycles. The number of nitrogens with zero attached hydrogens (tertiary/aromatic N) is 3. The van der Waals surface area contributed by atoms with Gasteiger partial charge in [-0.2, -0.15) is 16.3 Å². The lowest BCUT2D eigenvalue weighted by Crippen LogP contribution is -2.38. The largest absolute Gasteiger partial charge is 0.343 e. The van der Waals surface area contributed by atoms with E-state index >= 15 is 0 Å². The second-order valence-corrected chi connectivity index (χ2v) is 8.65. The molecular formula is C23H27N3O2S. The highest BCUT2D eigenvalue weighted by Crippen LogP contribution is 2.24. The summed E-state index contributed by atoms with van der Waals surface area (Å²) in [6.45, 7) is 3.85.